The third kappa shape index (κ3) is 4.59. The highest BCUT2D eigenvalue weighted by atomic mass is 35.5. The van der Waals surface area contributed by atoms with Crippen LogP contribution in [0, 0.1) is 11.3 Å². The van der Waals surface area contributed by atoms with Gasteiger partial charge in [0.2, 0.25) is 0 Å². The van der Waals surface area contributed by atoms with Crippen molar-refractivity contribution in [3.05, 3.63) is 80.8 Å². The second-order valence-corrected chi connectivity index (χ2v) is 11.8. The molecule has 0 radical (unpaired) electrons. The highest BCUT2D eigenvalue weighted by molar-refractivity contribution is 6.38. The normalized spacial score (nSPS) is 25.8. The molecular weight excluding hydrogens is 493 g/mol. The van der Waals surface area contributed by atoms with Gasteiger partial charge in [-0.15, -0.1) is 0 Å². The topological polar surface area (TPSA) is 58.9 Å². The van der Waals surface area contributed by atoms with Crippen LogP contribution in [-0.2, 0) is 21.5 Å². The van der Waals surface area contributed by atoms with Gasteiger partial charge in [0.15, 0.2) is 0 Å². The van der Waals surface area contributed by atoms with Gasteiger partial charge in [0, 0.05) is 16.1 Å². The Hall–Kier alpha value is -2.30. The van der Waals surface area contributed by atoms with Crippen LogP contribution in [0.3, 0.4) is 0 Å². The molecule has 0 amide bonds. The third-order valence-corrected chi connectivity index (χ3v) is 8.97. The third-order valence-electron chi connectivity index (χ3n) is 8.42. The highest BCUT2D eigenvalue weighted by Gasteiger charge is 2.55. The number of hydrogen-bond acceptors (Lipinski definition) is 3. The van der Waals surface area contributed by atoms with E-state index in [1.165, 1.54) is 16.7 Å². The maximum atomic E-state index is 12.4. The number of oxime groups is 1. The Morgan fingerprint density at radius 1 is 1.22 bits per heavy atom. The van der Waals surface area contributed by atoms with E-state index in [1.54, 1.807) is 18.2 Å². The number of benzene rings is 2. The van der Waals surface area contributed by atoms with Crippen LogP contribution in [0.15, 0.2) is 48.1 Å². The zero-order chi connectivity index (χ0) is 26.3. The lowest BCUT2D eigenvalue weighted by molar-refractivity contribution is -0.157. The molecule has 1 saturated carbocycles. The summed E-state index contributed by atoms with van der Waals surface area (Å²) >= 11 is 12.9. The van der Waals surface area contributed by atoms with Gasteiger partial charge in [-0.25, -0.2) is 0 Å². The smallest absolute Gasteiger partial charge is 0.309 e. The summed E-state index contributed by atoms with van der Waals surface area (Å²) in [6.07, 6.45) is 5.99. The molecule has 4 rings (SSSR count). The van der Waals surface area contributed by atoms with Crippen LogP contribution in [0.25, 0.3) is 0 Å². The lowest BCUT2D eigenvalue weighted by atomic mass is 9.49. The van der Waals surface area contributed by atoms with E-state index in [4.69, 9.17) is 28.0 Å². The van der Waals surface area contributed by atoms with Crippen molar-refractivity contribution in [1.29, 1.82) is 0 Å². The molecule has 36 heavy (non-hydrogen) atoms. The standard InChI is InChI=1S/C30H35Cl2NO3/c1-6-14-36-33-27(21-10-9-20(31)16-25(21)32)23-17-24-19(15-22(23)18(2)3)8-11-26-29(24,4)12-7-13-30(26,5)28(34)35/h6,9-10,15-18,26H,1,7-8,11-14H2,2-5H3,(H,34,35)/t26-,29-,30-/m1/s1. The first-order valence-corrected chi connectivity index (χ1v) is 13.5. The summed E-state index contributed by atoms with van der Waals surface area (Å²) in [5, 5.41) is 15.8. The highest BCUT2D eigenvalue weighted by Crippen LogP contribution is 2.57. The Labute approximate surface area is 224 Å². The molecule has 1 N–H and O–H groups in total. The van der Waals surface area contributed by atoms with Gasteiger partial charge in [-0.2, -0.15) is 0 Å². The van der Waals surface area contributed by atoms with Gasteiger partial charge in [0.25, 0.3) is 0 Å². The predicted octanol–water partition coefficient (Wildman–Crippen LogP) is 8.17. The minimum absolute atomic E-state index is 0.0676. The van der Waals surface area contributed by atoms with Crippen LogP contribution in [0.2, 0.25) is 10.0 Å². The van der Waals surface area contributed by atoms with Gasteiger partial charge in [-0.05, 0) is 90.8 Å². The van der Waals surface area contributed by atoms with Gasteiger partial charge in [0.1, 0.15) is 12.3 Å². The van der Waals surface area contributed by atoms with E-state index in [0.717, 1.165) is 43.2 Å². The maximum Gasteiger partial charge on any atom is 0.309 e. The van der Waals surface area contributed by atoms with Gasteiger partial charge in [-0.3, -0.25) is 4.79 Å². The Morgan fingerprint density at radius 3 is 2.61 bits per heavy atom. The van der Waals surface area contributed by atoms with Crippen LogP contribution in [-0.4, -0.2) is 23.4 Å². The number of carboxylic acid groups (broad SMARTS) is 1. The van der Waals surface area contributed by atoms with Gasteiger partial charge < -0.3 is 9.94 Å². The lowest BCUT2D eigenvalue weighted by Crippen LogP contribution is -2.52. The van der Waals surface area contributed by atoms with Crippen molar-refractivity contribution in [3.8, 4) is 0 Å². The molecule has 0 heterocycles. The van der Waals surface area contributed by atoms with Gasteiger partial charge in [-0.1, -0.05) is 74.3 Å². The number of aliphatic carboxylic acids is 1. The molecule has 192 valence electrons. The van der Waals surface area contributed by atoms with Gasteiger partial charge in [0.05, 0.1) is 10.4 Å². The van der Waals surface area contributed by atoms with E-state index >= 15 is 0 Å². The molecule has 0 bridgehead atoms. The minimum atomic E-state index is -0.731. The second-order valence-electron chi connectivity index (χ2n) is 11.0. The summed E-state index contributed by atoms with van der Waals surface area (Å²) in [5.74, 6) is -0.380. The molecule has 2 aliphatic rings. The average molecular weight is 529 g/mol. The molecule has 0 aromatic heterocycles. The lowest BCUT2D eigenvalue weighted by Gasteiger charge is -2.53. The molecule has 0 saturated heterocycles. The van der Waals surface area contributed by atoms with E-state index in [0.29, 0.717) is 15.8 Å². The van der Waals surface area contributed by atoms with Crippen molar-refractivity contribution < 1.29 is 14.7 Å². The quantitative estimate of drug-likeness (QED) is 0.171. The summed E-state index contributed by atoms with van der Waals surface area (Å²) in [6.45, 7) is 12.5. The van der Waals surface area contributed by atoms with Crippen molar-refractivity contribution in [1.82, 2.24) is 0 Å². The molecular formula is C30H35Cl2NO3. The van der Waals surface area contributed by atoms with E-state index in [2.05, 4.69) is 44.6 Å². The maximum absolute atomic E-state index is 12.4. The van der Waals surface area contributed by atoms with Crippen molar-refractivity contribution in [2.45, 2.75) is 71.1 Å². The largest absolute Gasteiger partial charge is 0.481 e. The van der Waals surface area contributed by atoms with E-state index in [-0.39, 0.29) is 23.9 Å². The fourth-order valence-corrected chi connectivity index (χ4v) is 7.05. The van der Waals surface area contributed by atoms with E-state index in [9.17, 15) is 9.90 Å². The molecule has 0 aliphatic heterocycles. The summed E-state index contributed by atoms with van der Waals surface area (Å²) in [5.41, 5.74) is 5.08. The Kier molecular flexibility index (Phi) is 7.60. The number of rotatable bonds is 7. The van der Waals surface area contributed by atoms with Crippen molar-refractivity contribution >= 4 is 34.9 Å². The van der Waals surface area contributed by atoms with Crippen LogP contribution in [0.5, 0.6) is 0 Å². The molecule has 2 aromatic rings. The molecule has 3 atom stereocenters. The Balaban J connectivity index is 1.95. The predicted molar refractivity (Wildman–Crippen MR) is 148 cm³/mol. The number of carbonyl (C=O) groups is 1. The van der Waals surface area contributed by atoms with Crippen LogP contribution in [0.4, 0.5) is 0 Å². The van der Waals surface area contributed by atoms with Crippen LogP contribution >= 0.6 is 23.2 Å². The first-order chi connectivity index (χ1) is 17.0. The number of aryl methyl sites for hydroxylation is 1. The zero-order valence-electron chi connectivity index (χ0n) is 21.5. The monoisotopic (exact) mass is 527 g/mol. The Bertz CT molecular complexity index is 1220. The molecule has 4 nitrogen and oxygen atoms in total. The second kappa shape index (κ2) is 10.2. The fraction of sp³-hybridized carbons (Fsp3) is 0.467. The van der Waals surface area contributed by atoms with E-state index in [1.807, 2.05) is 13.0 Å². The van der Waals surface area contributed by atoms with Crippen LogP contribution in [0.1, 0.15) is 87.1 Å². The number of hydrogen-bond donors (Lipinski definition) is 1. The Morgan fingerprint density at radius 2 is 1.97 bits per heavy atom. The average Bonchev–Trinajstić information content (AvgIpc) is 2.81. The van der Waals surface area contributed by atoms with E-state index < -0.39 is 11.4 Å². The molecule has 6 heteroatoms. The summed E-state index contributed by atoms with van der Waals surface area (Å²) < 4.78 is 0. The van der Waals surface area contributed by atoms with Crippen molar-refractivity contribution in [3.63, 3.8) is 0 Å². The molecule has 1 fully saturated rings. The molecule has 0 spiro atoms. The zero-order valence-corrected chi connectivity index (χ0v) is 23.0. The summed E-state index contributed by atoms with van der Waals surface area (Å²) in [7, 11) is 0. The molecule has 2 aliphatic carbocycles. The summed E-state index contributed by atoms with van der Waals surface area (Å²) in [4.78, 5) is 18.0. The fourth-order valence-electron chi connectivity index (χ4n) is 6.55. The number of halogens is 2. The first-order valence-electron chi connectivity index (χ1n) is 12.7. The molecule has 2 aromatic carbocycles. The summed E-state index contributed by atoms with van der Waals surface area (Å²) in [6, 6.07) is 9.93. The van der Waals surface area contributed by atoms with Crippen molar-refractivity contribution in [2.75, 3.05) is 6.61 Å². The van der Waals surface area contributed by atoms with Gasteiger partial charge >= 0.3 is 5.97 Å². The number of nitrogens with zero attached hydrogens (tertiary/aromatic N) is 1. The van der Waals surface area contributed by atoms with Crippen molar-refractivity contribution in [2.24, 2.45) is 16.5 Å². The molecule has 0 unspecified atom stereocenters. The first kappa shape index (κ1) is 26.8. The number of fused-ring (bicyclic) bond motifs is 3. The van der Waals surface area contributed by atoms with Crippen LogP contribution < -0.4 is 0 Å². The SMILES string of the molecule is C=CCON=C(c1ccc(Cl)cc1Cl)c1cc2c(cc1C(C)C)CC[C@H]1[C@](C)(C(=O)O)CCC[C@]21C. The minimum Gasteiger partial charge on any atom is -0.481 e. The number of carboxylic acids is 1.